The largest absolute Gasteiger partial charge is 0.481 e. The molecule has 1 unspecified atom stereocenters. The first kappa shape index (κ1) is 22.6. The number of rotatable bonds is 6. The van der Waals surface area contributed by atoms with Crippen molar-refractivity contribution in [2.75, 3.05) is 42.0 Å². The number of aliphatic carboxylic acids is 1. The molecule has 1 atom stereocenters. The number of hydrogen-bond acceptors (Lipinski definition) is 9. The molecular formula is C19H27N3O4S3. The Balaban J connectivity index is 1.88. The predicted octanol–water partition coefficient (Wildman–Crippen LogP) is 3.68. The van der Waals surface area contributed by atoms with Crippen LogP contribution in [0.2, 0.25) is 0 Å². The molecule has 2 heterocycles. The molecule has 0 amide bonds. The second kappa shape index (κ2) is 9.38. The predicted molar refractivity (Wildman–Crippen MR) is 122 cm³/mol. The Morgan fingerprint density at radius 3 is 2.59 bits per heavy atom. The topological polar surface area (TPSA) is 96.1 Å². The molecule has 0 radical (unpaired) electrons. The van der Waals surface area contributed by atoms with E-state index >= 15 is 0 Å². The van der Waals surface area contributed by atoms with Crippen molar-refractivity contribution in [1.29, 1.82) is 0 Å². The lowest BCUT2D eigenvalue weighted by Gasteiger charge is -2.33. The van der Waals surface area contributed by atoms with E-state index in [0.29, 0.717) is 24.5 Å². The summed E-state index contributed by atoms with van der Waals surface area (Å²) in [6.07, 6.45) is 0.0384. The van der Waals surface area contributed by atoms with Crippen molar-refractivity contribution in [3.8, 4) is 0 Å². The van der Waals surface area contributed by atoms with E-state index in [1.807, 2.05) is 17.1 Å². The normalized spacial score (nSPS) is 19.4. The van der Waals surface area contributed by atoms with Crippen LogP contribution in [0.1, 0.15) is 37.6 Å². The fourth-order valence-electron chi connectivity index (χ4n) is 3.25. The Morgan fingerprint density at radius 1 is 1.28 bits per heavy atom. The van der Waals surface area contributed by atoms with E-state index in [1.165, 1.54) is 10.8 Å². The first-order valence-electron chi connectivity index (χ1n) is 9.45. The number of fused-ring (bicyclic) bond motifs is 1. The van der Waals surface area contributed by atoms with Gasteiger partial charge in [-0.1, -0.05) is 43.3 Å². The molecule has 2 aliphatic rings. The molecule has 2 aliphatic heterocycles. The number of benzene rings is 1. The number of thioether (sulfide) groups is 1. The third-order valence-corrected chi connectivity index (χ3v) is 8.60. The number of carbonyl (C=O) groups is 2. The Bertz CT molecular complexity index is 779. The highest BCUT2D eigenvalue weighted by Crippen LogP contribution is 2.50. The van der Waals surface area contributed by atoms with Crippen molar-refractivity contribution in [2.45, 2.75) is 37.5 Å². The van der Waals surface area contributed by atoms with Gasteiger partial charge in [0.15, 0.2) is 0 Å². The van der Waals surface area contributed by atoms with Gasteiger partial charge in [0.25, 0.3) is 0 Å². The maximum atomic E-state index is 13.0. The van der Waals surface area contributed by atoms with E-state index in [1.54, 1.807) is 11.8 Å². The lowest BCUT2D eigenvalue weighted by Crippen LogP contribution is -2.43. The number of carboxylic acid groups (broad SMARTS) is 1. The van der Waals surface area contributed by atoms with E-state index in [2.05, 4.69) is 25.7 Å². The Hall–Kier alpha value is -1.07. The van der Waals surface area contributed by atoms with Gasteiger partial charge in [0.05, 0.1) is 41.9 Å². The van der Waals surface area contributed by atoms with Gasteiger partial charge in [-0.25, -0.2) is 5.84 Å². The molecule has 0 saturated carbocycles. The van der Waals surface area contributed by atoms with Gasteiger partial charge in [0.2, 0.25) is 5.12 Å². The summed E-state index contributed by atoms with van der Waals surface area (Å²) in [6, 6.07) is 3.97. The van der Waals surface area contributed by atoms with Gasteiger partial charge in [-0.15, -0.1) is 0 Å². The van der Waals surface area contributed by atoms with Crippen LogP contribution < -0.4 is 15.8 Å². The quantitative estimate of drug-likeness (QED) is 0.374. The minimum Gasteiger partial charge on any atom is -0.481 e. The van der Waals surface area contributed by atoms with Crippen LogP contribution in [0.5, 0.6) is 0 Å². The first-order valence-corrected chi connectivity index (χ1v) is 12.7. The van der Waals surface area contributed by atoms with E-state index in [-0.39, 0.29) is 22.3 Å². The summed E-state index contributed by atoms with van der Waals surface area (Å²) < 4.78 is 5.47. The molecule has 0 spiro atoms. The number of morpholine rings is 1. The number of nitrogens with zero attached hydrogens (tertiary/aromatic N) is 2. The summed E-state index contributed by atoms with van der Waals surface area (Å²) >= 11 is 1.68. The van der Waals surface area contributed by atoms with Gasteiger partial charge in [0.1, 0.15) is 0 Å². The number of hydrazine groups is 1. The Labute approximate surface area is 183 Å². The lowest BCUT2D eigenvalue weighted by atomic mass is 9.96. The maximum absolute atomic E-state index is 13.0. The third-order valence-electron chi connectivity index (χ3n) is 4.69. The van der Waals surface area contributed by atoms with E-state index < -0.39 is 5.97 Å². The van der Waals surface area contributed by atoms with Crippen LogP contribution in [0.4, 0.5) is 11.4 Å². The van der Waals surface area contributed by atoms with Crippen molar-refractivity contribution in [2.24, 2.45) is 11.3 Å². The average molecular weight is 458 g/mol. The van der Waals surface area contributed by atoms with Crippen LogP contribution in [0.15, 0.2) is 17.0 Å². The number of carbonyl (C=O) groups excluding carboxylic acids is 1. The molecule has 3 N–H and O–H groups in total. The maximum Gasteiger partial charge on any atom is 0.304 e. The molecule has 1 aromatic rings. The average Bonchev–Trinajstić information content (AvgIpc) is 3.01. The van der Waals surface area contributed by atoms with Crippen molar-refractivity contribution < 1.29 is 19.4 Å². The summed E-state index contributed by atoms with van der Waals surface area (Å²) in [4.78, 5) is 26.9. The van der Waals surface area contributed by atoms with Gasteiger partial charge in [-0.05, 0) is 28.3 Å². The Morgan fingerprint density at radius 2 is 1.97 bits per heavy atom. The number of anilines is 2. The van der Waals surface area contributed by atoms with Crippen LogP contribution in [-0.4, -0.2) is 53.6 Å². The highest BCUT2D eigenvalue weighted by molar-refractivity contribution is 8.82. The summed E-state index contributed by atoms with van der Waals surface area (Å²) in [6.45, 7) is 9.14. The lowest BCUT2D eigenvalue weighted by molar-refractivity contribution is -0.136. The molecule has 0 aliphatic carbocycles. The first-order chi connectivity index (χ1) is 13.7. The fourth-order valence-corrected chi connectivity index (χ4v) is 6.33. The number of ether oxygens (including phenoxy) is 1. The molecule has 1 saturated heterocycles. The number of carboxylic acids is 1. The molecular weight excluding hydrogens is 430 g/mol. The second-order valence-corrected chi connectivity index (χ2v) is 11.5. The van der Waals surface area contributed by atoms with Gasteiger partial charge in [-0.2, -0.15) is 0 Å². The van der Waals surface area contributed by atoms with E-state index in [0.717, 1.165) is 40.2 Å². The van der Waals surface area contributed by atoms with E-state index in [9.17, 15) is 9.59 Å². The van der Waals surface area contributed by atoms with Crippen LogP contribution in [-0.2, 0) is 9.53 Å². The van der Waals surface area contributed by atoms with E-state index in [4.69, 9.17) is 15.7 Å². The highest BCUT2D eigenvalue weighted by Gasteiger charge is 2.38. The molecule has 29 heavy (non-hydrogen) atoms. The van der Waals surface area contributed by atoms with Crippen LogP contribution >= 0.6 is 33.3 Å². The number of hydrogen-bond donors (Lipinski definition) is 2. The fraction of sp³-hybridized carbons (Fsp3) is 0.579. The zero-order valence-corrected chi connectivity index (χ0v) is 19.3. The molecule has 0 aromatic heterocycles. The van der Waals surface area contributed by atoms with Gasteiger partial charge in [0, 0.05) is 23.7 Å². The molecule has 0 bridgehead atoms. The van der Waals surface area contributed by atoms with Gasteiger partial charge < -0.3 is 14.7 Å². The van der Waals surface area contributed by atoms with Gasteiger partial charge >= 0.3 is 5.97 Å². The third kappa shape index (κ3) is 5.35. The minimum absolute atomic E-state index is 0.0246. The molecule has 10 heteroatoms. The zero-order valence-electron chi connectivity index (χ0n) is 16.8. The summed E-state index contributed by atoms with van der Waals surface area (Å²) in [7, 11) is 2.38. The van der Waals surface area contributed by atoms with Crippen LogP contribution in [0.25, 0.3) is 0 Å². The smallest absolute Gasteiger partial charge is 0.304 e. The summed E-state index contributed by atoms with van der Waals surface area (Å²) in [5, 5.41) is 10.6. The minimum atomic E-state index is -0.857. The monoisotopic (exact) mass is 457 g/mol. The molecule has 7 nitrogen and oxygen atoms in total. The molecule has 160 valence electrons. The summed E-state index contributed by atoms with van der Waals surface area (Å²) in [5.41, 5.74) is 2.43. The number of nitrogens with two attached hydrogens (primary N) is 1. The Kier molecular flexibility index (Phi) is 7.32. The van der Waals surface area contributed by atoms with Crippen molar-refractivity contribution >= 4 is 55.8 Å². The van der Waals surface area contributed by atoms with Crippen molar-refractivity contribution in [3.05, 3.63) is 17.7 Å². The highest BCUT2D eigenvalue weighted by atomic mass is 33.1. The SMILES string of the molecule is CC(C)(C)C1Sc2cc(C(=O)SSCCC(=O)O)c(N3CCOCC3)cc2N1N. The molecule has 3 rings (SSSR count). The summed E-state index contributed by atoms with van der Waals surface area (Å²) in [5.74, 6) is 5.98. The van der Waals surface area contributed by atoms with Crippen LogP contribution in [0, 0.1) is 5.41 Å². The second-order valence-electron chi connectivity index (χ2n) is 8.02. The van der Waals surface area contributed by atoms with Gasteiger partial charge in [-0.3, -0.25) is 14.6 Å². The molecule has 1 aromatic carbocycles. The zero-order chi connectivity index (χ0) is 21.2. The van der Waals surface area contributed by atoms with Crippen molar-refractivity contribution in [3.63, 3.8) is 0 Å². The molecule has 1 fully saturated rings. The van der Waals surface area contributed by atoms with Crippen LogP contribution in [0.3, 0.4) is 0 Å². The van der Waals surface area contributed by atoms with Crippen molar-refractivity contribution in [1.82, 2.24) is 0 Å². The standard InChI is InChI=1S/C19H27N3O4S3/c1-19(2,3)18-22(20)14-11-13(21-5-7-26-8-6-21)12(10-15(14)28-18)17(25)29-27-9-4-16(23)24/h10-11,18H,4-9,20H2,1-3H3,(H,23,24).